The average Bonchev–Trinajstić information content (AvgIpc) is 2.70. The van der Waals surface area contributed by atoms with E-state index in [1.165, 1.54) is 23.5 Å². The molecule has 1 amide bonds. The Morgan fingerprint density at radius 3 is 2.76 bits per heavy atom. The van der Waals surface area contributed by atoms with E-state index in [9.17, 15) is 9.18 Å². The predicted octanol–water partition coefficient (Wildman–Crippen LogP) is 3.48. The van der Waals surface area contributed by atoms with E-state index >= 15 is 0 Å². The molecular formula is C11H8BrFN2OS. The lowest BCUT2D eigenvalue weighted by molar-refractivity contribution is 0.103. The van der Waals surface area contributed by atoms with Gasteiger partial charge in [0.1, 0.15) is 10.7 Å². The van der Waals surface area contributed by atoms with Gasteiger partial charge in [-0.1, -0.05) is 0 Å². The Morgan fingerprint density at radius 2 is 2.18 bits per heavy atom. The molecule has 0 saturated carbocycles. The van der Waals surface area contributed by atoms with Crippen molar-refractivity contribution in [3.05, 3.63) is 44.8 Å². The summed E-state index contributed by atoms with van der Waals surface area (Å²) in [6.07, 6.45) is 0. The summed E-state index contributed by atoms with van der Waals surface area (Å²) in [5.74, 6) is -0.763. The molecule has 0 saturated heterocycles. The third-order valence-corrected chi connectivity index (χ3v) is 3.65. The molecule has 17 heavy (non-hydrogen) atoms. The molecule has 1 aromatic carbocycles. The summed E-state index contributed by atoms with van der Waals surface area (Å²) in [5.41, 5.74) is 6.43. The lowest BCUT2D eigenvalue weighted by atomic mass is 10.3. The molecule has 0 aliphatic carbocycles. The molecule has 3 nitrogen and oxygen atoms in total. The van der Waals surface area contributed by atoms with Crippen LogP contribution in [0.25, 0.3) is 0 Å². The largest absolute Gasteiger partial charge is 0.397 e. The minimum atomic E-state index is -0.429. The molecule has 2 aromatic rings. The van der Waals surface area contributed by atoms with Gasteiger partial charge in [-0.25, -0.2) is 4.39 Å². The van der Waals surface area contributed by atoms with Crippen molar-refractivity contribution >= 4 is 44.5 Å². The first kappa shape index (κ1) is 12.1. The van der Waals surface area contributed by atoms with Crippen molar-refractivity contribution in [3.63, 3.8) is 0 Å². The fraction of sp³-hybridized carbons (Fsp3) is 0. The van der Waals surface area contributed by atoms with Crippen LogP contribution in [-0.2, 0) is 0 Å². The van der Waals surface area contributed by atoms with Gasteiger partial charge in [-0.05, 0) is 45.6 Å². The van der Waals surface area contributed by atoms with E-state index in [0.717, 1.165) is 0 Å². The highest BCUT2D eigenvalue weighted by Gasteiger charge is 2.11. The van der Waals surface area contributed by atoms with Crippen LogP contribution in [-0.4, -0.2) is 5.91 Å². The van der Waals surface area contributed by atoms with Crippen LogP contribution in [0.4, 0.5) is 15.8 Å². The van der Waals surface area contributed by atoms with Gasteiger partial charge in [0.2, 0.25) is 0 Å². The van der Waals surface area contributed by atoms with Crippen molar-refractivity contribution in [2.45, 2.75) is 0 Å². The van der Waals surface area contributed by atoms with E-state index in [1.54, 1.807) is 17.5 Å². The van der Waals surface area contributed by atoms with E-state index in [0.29, 0.717) is 20.7 Å². The first-order chi connectivity index (χ1) is 8.08. The van der Waals surface area contributed by atoms with Crippen LogP contribution in [0.5, 0.6) is 0 Å². The molecule has 0 atom stereocenters. The molecule has 0 bridgehead atoms. The fourth-order valence-corrected chi connectivity index (χ4v) is 2.23. The molecule has 2 rings (SSSR count). The summed E-state index contributed by atoms with van der Waals surface area (Å²) in [5, 5.41) is 4.31. The SMILES string of the molecule is Nc1ccsc1C(=O)Nc1ccc(Br)c(F)c1. The van der Waals surface area contributed by atoms with Gasteiger partial charge in [0.05, 0.1) is 10.2 Å². The maximum absolute atomic E-state index is 13.2. The van der Waals surface area contributed by atoms with Gasteiger partial charge >= 0.3 is 0 Å². The zero-order chi connectivity index (χ0) is 12.4. The van der Waals surface area contributed by atoms with Crippen LogP contribution < -0.4 is 11.1 Å². The Bertz CT molecular complexity index is 570. The van der Waals surface area contributed by atoms with E-state index in [4.69, 9.17) is 5.73 Å². The topological polar surface area (TPSA) is 55.1 Å². The standard InChI is InChI=1S/C11H8BrFN2OS/c12-7-2-1-6(5-8(7)13)15-11(16)10-9(14)3-4-17-10/h1-5H,14H2,(H,15,16). The normalized spacial score (nSPS) is 10.2. The maximum Gasteiger partial charge on any atom is 0.267 e. The zero-order valence-corrected chi connectivity index (χ0v) is 10.9. The number of anilines is 2. The molecule has 6 heteroatoms. The van der Waals surface area contributed by atoms with Gasteiger partial charge in [0.25, 0.3) is 5.91 Å². The number of carbonyl (C=O) groups excluding carboxylic acids is 1. The number of carbonyl (C=O) groups is 1. The van der Waals surface area contributed by atoms with Crippen LogP contribution in [0.15, 0.2) is 34.1 Å². The van der Waals surface area contributed by atoms with Gasteiger partial charge in [0.15, 0.2) is 0 Å². The van der Waals surface area contributed by atoms with Crippen molar-refractivity contribution in [1.82, 2.24) is 0 Å². The average molecular weight is 315 g/mol. The number of thiophene rings is 1. The van der Waals surface area contributed by atoms with Crippen LogP contribution in [0.2, 0.25) is 0 Å². The number of nitrogens with two attached hydrogens (primary N) is 1. The van der Waals surface area contributed by atoms with Crippen molar-refractivity contribution in [1.29, 1.82) is 0 Å². The Kier molecular flexibility index (Phi) is 3.44. The third-order valence-electron chi connectivity index (χ3n) is 2.08. The van der Waals surface area contributed by atoms with Gasteiger partial charge in [-0.2, -0.15) is 0 Å². The molecule has 3 N–H and O–H groups in total. The second kappa shape index (κ2) is 4.85. The van der Waals surface area contributed by atoms with E-state index in [2.05, 4.69) is 21.2 Å². The van der Waals surface area contributed by atoms with E-state index in [-0.39, 0.29) is 5.91 Å². The molecule has 0 fully saturated rings. The maximum atomic E-state index is 13.2. The third kappa shape index (κ3) is 2.65. The van der Waals surface area contributed by atoms with E-state index in [1.807, 2.05) is 0 Å². The Labute approximate surface area is 110 Å². The number of halogens is 2. The summed E-state index contributed by atoms with van der Waals surface area (Å²) >= 11 is 4.28. The Balaban J connectivity index is 2.19. The van der Waals surface area contributed by atoms with Crippen molar-refractivity contribution < 1.29 is 9.18 Å². The number of hydrogen-bond donors (Lipinski definition) is 2. The predicted molar refractivity (Wildman–Crippen MR) is 70.8 cm³/mol. The van der Waals surface area contributed by atoms with Gasteiger partial charge in [-0.15, -0.1) is 11.3 Å². The monoisotopic (exact) mass is 314 g/mol. The number of hydrogen-bond acceptors (Lipinski definition) is 3. The molecule has 0 aliphatic rings. The lowest BCUT2D eigenvalue weighted by Crippen LogP contribution is -2.11. The first-order valence-electron chi connectivity index (χ1n) is 4.67. The molecule has 0 radical (unpaired) electrons. The molecule has 0 unspecified atom stereocenters. The minimum absolute atomic E-state index is 0.334. The molecule has 88 valence electrons. The fourth-order valence-electron chi connectivity index (χ4n) is 1.27. The summed E-state index contributed by atoms with van der Waals surface area (Å²) in [6.45, 7) is 0. The highest BCUT2D eigenvalue weighted by molar-refractivity contribution is 9.10. The molecule has 1 aromatic heterocycles. The summed E-state index contributed by atoms with van der Waals surface area (Å²) < 4.78 is 13.6. The lowest BCUT2D eigenvalue weighted by Gasteiger charge is -2.05. The van der Waals surface area contributed by atoms with Crippen LogP contribution >= 0.6 is 27.3 Å². The molecular weight excluding hydrogens is 307 g/mol. The molecule has 0 spiro atoms. The summed E-state index contributed by atoms with van der Waals surface area (Å²) in [7, 11) is 0. The van der Waals surface area contributed by atoms with Crippen molar-refractivity contribution in [3.8, 4) is 0 Å². The van der Waals surface area contributed by atoms with E-state index < -0.39 is 5.82 Å². The second-order valence-corrected chi connectivity index (χ2v) is 5.06. The molecule has 0 aliphatic heterocycles. The Hall–Kier alpha value is -1.40. The van der Waals surface area contributed by atoms with Crippen molar-refractivity contribution in [2.24, 2.45) is 0 Å². The van der Waals surface area contributed by atoms with Gasteiger partial charge in [0, 0.05) is 5.69 Å². The zero-order valence-electron chi connectivity index (χ0n) is 8.54. The molecule has 1 heterocycles. The van der Waals surface area contributed by atoms with Crippen LogP contribution in [0.3, 0.4) is 0 Å². The number of amides is 1. The first-order valence-corrected chi connectivity index (χ1v) is 6.34. The van der Waals surface area contributed by atoms with Gasteiger partial charge in [-0.3, -0.25) is 4.79 Å². The smallest absolute Gasteiger partial charge is 0.267 e. The second-order valence-electron chi connectivity index (χ2n) is 3.29. The van der Waals surface area contributed by atoms with Crippen molar-refractivity contribution in [2.75, 3.05) is 11.1 Å². The number of rotatable bonds is 2. The highest BCUT2D eigenvalue weighted by atomic mass is 79.9. The number of nitrogen functional groups attached to an aromatic ring is 1. The summed E-state index contributed by atoms with van der Waals surface area (Å²) in [6, 6.07) is 6.03. The Morgan fingerprint density at radius 1 is 1.41 bits per heavy atom. The highest BCUT2D eigenvalue weighted by Crippen LogP contribution is 2.23. The quantitative estimate of drug-likeness (QED) is 0.891. The van der Waals surface area contributed by atoms with Crippen LogP contribution in [0, 0.1) is 5.82 Å². The minimum Gasteiger partial charge on any atom is -0.397 e. The number of benzene rings is 1. The number of nitrogens with one attached hydrogen (secondary N) is 1. The summed E-state index contributed by atoms with van der Waals surface area (Å²) in [4.78, 5) is 12.2. The van der Waals surface area contributed by atoms with Crippen LogP contribution in [0.1, 0.15) is 9.67 Å². The van der Waals surface area contributed by atoms with Gasteiger partial charge < -0.3 is 11.1 Å².